The Morgan fingerprint density at radius 2 is 1.03 bits per heavy atom. The van der Waals surface area contributed by atoms with E-state index in [0.717, 1.165) is 0 Å². The molecule has 0 spiro atoms. The average molecular weight is 925 g/mol. The second kappa shape index (κ2) is 15.1. The van der Waals surface area contributed by atoms with Gasteiger partial charge in [0.05, 0.1) is 11.0 Å². The molecule has 2 nitrogen and oxygen atoms in total. The molecule has 0 aliphatic carbocycles. The Labute approximate surface area is 423 Å². The summed E-state index contributed by atoms with van der Waals surface area (Å²) in [5, 5.41) is 7.85. The van der Waals surface area contributed by atoms with Crippen molar-refractivity contribution in [3.63, 3.8) is 0 Å². The van der Waals surface area contributed by atoms with E-state index in [9.17, 15) is 0 Å². The van der Waals surface area contributed by atoms with Crippen LogP contribution in [-0.4, -0.2) is 15.9 Å². The minimum absolute atomic E-state index is 0.0888. The van der Waals surface area contributed by atoms with Crippen LogP contribution in [0, 0.1) is 48.5 Å². The first kappa shape index (κ1) is 43.0. The van der Waals surface area contributed by atoms with E-state index in [4.69, 9.17) is 0 Å². The molecule has 2 aliphatic heterocycles. The SMILES string of the molecule is Cc1cc(C)cc(-c2cc3c4c(c2C)-c2cc(-c5ccccc5C)cc5c6cc(-c7ccccc7C)ccc6n(c25)B4c2cc(C(C)(C)C)cc4c5c6ccccc6c(-c6c(C)cccc6C)cc5n-3c24)c1. The Hall–Kier alpha value is -7.88. The van der Waals surface area contributed by atoms with Gasteiger partial charge in [0.25, 0.3) is 0 Å². The van der Waals surface area contributed by atoms with Crippen molar-refractivity contribution in [2.45, 2.75) is 74.7 Å². The van der Waals surface area contributed by atoms with Gasteiger partial charge >= 0.3 is 6.85 Å². The summed E-state index contributed by atoms with van der Waals surface area (Å²) in [6.45, 7) is 23.0. The molecule has 2 aromatic heterocycles. The minimum atomic E-state index is -0.107. The molecule has 0 saturated carbocycles. The Morgan fingerprint density at radius 3 is 1.72 bits per heavy atom. The highest BCUT2D eigenvalue weighted by Crippen LogP contribution is 2.50. The molecule has 10 aromatic carbocycles. The van der Waals surface area contributed by atoms with Gasteiger partial charge in [0, 0.05) is 43.8 Å². The first-order valence-corrected chi connectivity index (χ1v) is 25.9. The summed E-state index contributed by atoms with van der Waals surface area (Å²) in [7, 11) is 0. The number of fused-ring (bicyclic) bond motifs is 12. The normalized spacial score (nSPS) is 12.8. The van der Waals surface area contributed by atoms with E-state index in [1.165, 1.54) is 171 Å². The van der Waals surface area contributed by atoms with Crippen LogP contribution in [0.5, 0.6) is 0 Å². The number of aryl methyl sites for hydroxylation is 6. The predicted octanol–water partition coefficient (Wildman–Crippen LogP) is 17.1. The molecule has 12 aromatic rings. The fourth-order valence-corrected chi connectivity index (χ4v) is 13.6. The van der Waals surface area contributed by atoms with Crippen LogP contribution in [0.4, 0.5) is 0 Å². The molecule has 0 amide bonds. The fourth-order valence-electron chi connectivity index (χ4n) is 13.6. The lowest BCUT2D eigenvalue weighted by molar-refractivity contribution is 0.591. The van der Waals surface area contributed by atoms with E-state index in [2.05, 4.69) is 242 Å². The second-order valence-electron chi connectivity index (χ2n) is 22.5. The first-order valence-electron chi connectivity index (χ1n) is 25.9. The Balaban J connectivity index is 1.23. The van der Waals surface area contributed by atoms with Crippen LogP contribution in [-0.2, 0) is 5.41 Å². The minimum Gasteiger partial charge on any atom is -0.375 e. The third-order valence-corrected chi connectivity index (χ3v) is 16.8. The van der Waals surface area contributed by atoms with Crippen molar-refractivity contribution in [3.8, 4) is 61.3 Å². The van der Waals surface area contributed by atoms with Crippen LogP contribution >= 0.6 is 0 Å². The number of nitrogens with zero attached hydrogens (tertiary/aromatic N) is 2. The monoisotopic (exact) mass is 924 g/mol. The summed E-state index contributed by atoms with van der Waals surface area (Å²) < 4.78 is 5.49. The van der Waals surface area contributed by atoms with Crippen molar-refractivity contribution >= 4 is 72.2 Å². The summed E-state index contributed by atoms with van der Waals surface area (Å²) >= 11 is 0. The average Bonchev–Trinajstić information content (AvgIpc) is 3.88. The van der Waals surface area contributed by atoms with Gasteiger partial charge in [0.2, 0.25) is 0 Å². The Bertz CT molecular complexity index is 4350. The summed E-state index contributed by atoms with van der Waals surface area (Å²) in [6, 6.07) is 63.5. The zero-order valence-electron chi connectivity index (χ0n) is 43.1. The molecule has 2 aliphatic rings. The third kappa shape index (κ3) is 5.91. The van der Waals surface area contributed by atoms with E-state index in [-0.39, 0.29) is 12.3 Å². The van der Waals surface area contributed by atoms with Gasteiger partial charge in [-0.05, 0) is 201 Å². The predicted molar refractivity (Wildman–Crippen MR) is 311 cm³/mol. The van der Waals surface area contributed by atoms with Crippen molar-refractivity contribution in [1.82, 2.24) is 9.05 Å². The Morgan fingerprint density at radius 1 is 0.403 bits per heavy atom. The lowest BCUT2D eigenvalue weighted by Gasteiger charge is -2.36. The summed E-state index contributed by atoms with van der Waals surface area (Å²) in [5.41, 5.74) is 32.4. The second-order valence-corrected chi connectivity index (χ2v) is 22.5. The summed E-state index contributed by atoms with van der Waals surface area (Å²) in [4.78, 5) is 0. The zero-order chi connectivity index (χ0) is 49.2. The van der Waals surface area contributed by atoms with Gasteiger partial charge in [-0.1, -0.05) is 153 Å². The molecule has 0 bridgehead atoms. The summed E-state index contributed by atoms with van der Waals surface area (Å²) in [6.07, 6.45) is 0. The van der Waals surface area contributed by atoms with Crippen LogP contribution in [0.3, 0.4) is 0 Å². The number of hydrogen-bond acceptors (Lipinski definition) is 0. The highest BCUT2D eigenvalue weighted by atomic mass is 15.0. The molecule has 72 heavy (non-hydrogen) atoms. The molecule has 0 atom stereocenters. The fraction of sp³-hybridized carbons (Fsp3) is 0.159. The molecule has 346 valence electrons. The maximum atomic E-state index is 2.77. The van der Waals surface area contributed by atoms with Gasteiger partial charge in [-0.15, -0.1) is 0 Å². The molecule has 0 radical (unpaired) electrons. The molecule has 0 unspecified atom stereocenters. The van der Waals surface area contributed by atoms with Crippen LogP contribution in [0.15, 0.2) is 164 Å². The van der Waals surface area contributed by atoms with Gasteiger partial charge in [-0.2, -0.15) is 0 Å². The Kier molecular flexibility index (Phi) is 8.99. The maximum Gasteiger partial charge on any atom is 0.333 e. The van der Waals surface area contributed by atoms with Crippen LogP contribution in [0.25, 0.3) is 116 Å². The smallest absolute Gasteiger partial charge is 0.333 e. The molecule has 0 saturated heterocycles. The molecule has 3 heteroatoms. The molecular formula is C69H57BN2. The molecular weight excluding hydrogens is 868 g/mol. The van der Waals surface area contributed by atoms with E-state index in [0.29, 0.717) is 0 Å². The zero-order valence-corrected chi connectivity index (χ0v) is 43.1. The van der Waals surface area contributed by atoms with Crippen molar-refractivity contribution in [3.05, 3.63) is 208 Å². The number of hydrogen-bond donors (Lipinski definition) is 0. The lowest BCUT2D eigenvalue weighted by Crippen LogP contribution is -2.55. The van der Waals surface area contributed by atoms with E-state index in [1.54, 1.807) is 0 Å². The summed E-state index contributed by atoms with van der Waals surface area (Å²) in [5.74, 6) is 0. The number of benzene rings is 10. The standard InChI is InChI=1S/C69H57BN2/c1-38-28-39(2)30-46(29-38)53-36-62-66-64(44(53)7)57-33-47(50-23-14-12-19-41(50)4)32-56-54-31-45(49-22-13-11-18-40(49)3)26-27-60(54)72(67(56)57)70(66)59-35-48(69(8,9)10)34-58-65-52-25-16-15-24-51(52)55(37-61(65)71(62)68(58)59)63-42(5)20-17-21-43(63)6/h11-37H,1-10H3. The first-order chi connectivity index (χ1) is 34.7. The lowest BCUT2D eigenvalue weighted by atomic mass is 9.45. The van der Waals surface area contributed by atoms with Crippen LogP contribution < -0.4 is 10.9 Å². The highest BCUT2D eigenvalue weighted by Gasteiger charge is 2.44. The van der Waals surface area contributed by atoms with Gasteiger partial charge in [-0.3, -0.25) is 0 Å². The van der Waals surface area contributed by atoms with Crippen LogP contribution in [0.1, 0.15) is 65.3 Å². The van der Waals surface area contributed by atoms with E-state index in [1.807, 2.05) is 0 Å². The molecule has 0 N–H and O–H groups in total. The van der Waals surface area contributed by atoms with Gasteiger partial charge in [0.1, 0.15) is 0 Å². The maximum absolute atomic E-state index is 2.77. The third-order valence-electron chi connectivity index (χ3n) is 16.8. The van der Waals surface area contributed by atoms with Crippen molar-refractivity contribution < 1.29 is 0 Å². The van der Waals surface area contributed by atoms with Gasteiger partial charge < -0.3 is 9.05 Å². The quantitative estimate of drug-likeness (QED) is 0.156. The van der Waals surface area contributed by atoms with E-state index < -0.39 is 0 Å². The van der Waals surface area contributed by atoms with Gasteiger partial charge in [0.15, 0.2) is 0 Å². The molecule has 4 heterocycles. The van der Waals surface area contributed by atoms with Gasteiger partial charge in [-0.25, -0.2) is 0 Å². The molecule has 0 fully saturated rings. The number of aromatic nitrogens is 2. The number of rotatable bonds is 4. The van der Waals surface area contributed by atoms with Crippen molar-refractivity contribution in [2.24, 2.45) is 0 Å². The largest absolute Gasteiger partial charge is 0.375 e. The topological polar surface area (TPSA) is 9.86 Å². The van der Waals surface area contributed by atoms with E-state index >= 15 is 0 Å². The van der Waals surface area contributed by atoms with Crippen LogP contribution in [0.2, 0.25) is 0 Å². The molecule has 14 rings (SSSR count). The van der Waals surface area contributed by atoms with Crippen molar-refractivity contribution in [2.75, 3.05) is 0 Å². The highest BCUT2D eigenvalue weighted by molar-refractivity contribution is 6.90. The van der Waals surface area contributed by atoms with Crippen molar-refractivity contribution in [1.29, 1.82) is 0 Å².